The molecule has 0 aliphatic heterocycles. The average molecular weight is 277 g/mol. The summed E-state index contributed by atoms with van der Waals surface area (Å²) in [6, 6.07) is 2.11. The van der Waals surface area contributed by atoms with Crippen molar-refractivity contribution < 1.29 is 17.2 Å². The molecule has 0 amide bonds. The minimum absolute atomic E-state index is 0.423. The molecule has 1 rings (SSSR count). The first-order valence-corrected chi connectivity index (χ1v) is 6.38. The highest BCUT2D eigenvalue weighted by molar-refractivity contribution is 7.89. The van der Waals surface area contributed by atoms with Crippen LogP contribution in [0.2, 0.25) is 0 Å². The zero-order valence-corrected chi connectivity index (χ0v) is 10.6. The van der Waals surface area contributed by atoms with Crippen LogP contribution in [0.3, 0.4) is 0 Å². The van der Waals surface area contributed by atoms with E-state index < -0.39 is 37.9 Å². The summed E-state index contributed by atoms with van der Waals surface area (Å²) in [5.41, 5.74) is 3.86. The van der Waals surface area contributed by atoms with Crippen LogP contribution in [-0.4, -0.2) is 19.8 Å². The molecule has 0 atom stereocenters. The Balaban J connectivity index is 3.19. The van der Waals surface area contributed by atoms with Gasteiger partial charge in [0.2, 0.25) is 10.0 Å². The van der Waals surface area contributed by atoms with E-state index in [9.17, 15) is 17.2 Å². The molecule has 0 unspecified atom stereocenters. The van der Waals surface area contributed by atoms with Gasteiger partial charge in [-0.3, -0.25) is 5.41 Å². The Labute approximate surface area is 104 Å². The maximum absolute atomic E-state index is 13.4. The number of benzene rings is 1. The lowest BCUT2D eigenvalue weighted by Gasteiger charge is -2.24. The van der Waals surface area contributed by atoms with Crippen molar-refractivity contribution in [2.75, 3.05) is 0 Å². The summed E-state index contributed by atoms with van der Waals surface area (Å²) in [6.07, 6.45) is 0. The summed E-state index contributed by atoms with van der Waals surface area (Å²) in [5, 5.41) is 7.22. The molecule has 0 radical (unpaired) electrons. The molecular formula is C10H13F2N3O2S. The molecule has 0 aromatic heterocycles. The summed E-state index contributed by atoms with van der Waals surface area (Å²) in [6.45, 7) is 2.71. The van der Waals surface area contributed by atoms with E-state index in [1.807, 2.05) is 0 Å². The fourth-order valence-electron chi connectivity index (χ4n) is 1.14. The van der Waals surface area contributed by atoms with Gasteiger partial charge in [-0.15, -0.1) is 0 Å². The van der Waals surface area contributed by atoms with Gasteiger partial charge in [0.25, 0.3) is 0 Å². The first-order valence-electron chi connectivity index (χ1n) is 4.90. The van der Waals surface area contributed by atoms with Crippen LogP contribution in [0.5, 0.6) is 0 Å². The highest BCUT2D eigenvalue weighted by Gasteiger charge is 2.30. The van der Waals surface area contributed by atoms with E-state index in [1.165, 1.54) is 13.8 Å². The van der Waals surface area contributed by atoms with E-state index in [2.05, 4.69) is 4.72 Å². The summed E-state index contributed by atoms with van der Waals surface area (Å²) in [4.78, 5) is -0.696. The van der Waals surface area contributed by atoms with Crippen molar-refractivity contribution in [3.63, 3.8) is 0 Å². The molecule has 5 nitrogen and oxygen atoms in total. The van der Waals surface area contributed by atoms with E-state index in [0.717, 1.165) is 12.1 Å². The van der Waals surface area contributed by atoms with E-state index in [-0.39, 0.29) is 0 Å². The number of nitrogens with two attached hydrogens (primary N) is 1. The normalized spacial score (nSPS) is 12.4. The third kappa shape index (κ3) is 3.02. The second-order valence-electron chi connectivity index (χ2n) is 4.22. The molecule has 1 aromatic rings. The Bertz CT molecular complexity index is 585. The van der Waals surface area contributed by atoms with Gasteiger partial charge in [-0.05, 0) is 26.0 Å². The minimum Gasteiger partial charge on any atom is -0.386 e. The Morgan fingerprint density at radius 1 is 1.39 bits per heavy atom. The van der Waals surface area contributed by atoms with Gasteiger partial charge in [0.1, 0.15) is 22.4 Å². The lowest BCUT2D eigenvalue weighted by atomic mass is 10.1. The number of rotatable bonds is 4. The highest BCUT2D eigenvalue weighted by atomic mass is 32.2. The third-order valence-electron chi connectivity index (χ3n) is 2.25. The summed E-state index contributed by atoms with van der Waals surface area (Å²) in [5.74, 6) is -2.51. The van der Waals surface area contributed by atoms with Crippen LogP contribution in [0.25, 0.3) is 0 Å². The van der Waals surface area contributed by atoms with E-state index in [0.29, 0.717) is 6.07 Å². The van der Waals surface area contributed by atoms with Gasteiger partial charge in [-0.2, -0.15) is 4.72 Å². The molecule has 0 fully saturated rings. The highest BCUT2D eigenvalue weighted by Crippen LogP contribution is 2.17. The van der Waals surface area contributed by atoms with Crippen molar-refractivity contribution >= 4 is 15.9 Å². The molecular weight excluding hydrogens is 264 g/mol. The lowest BCUT2D eigenvalue weighted by Crippen LogP contribution is -2.52. The summed E-state index contributed by atoms with van der Waals surface area (Å²) >= 11 is 0. The van der Waals surface area contributed by atoms with Gasteiger partial charge in [-0.1, -0.05) is 0 Å². The van der Waals surface area contributed by atoms with Crippen LogP contribution in [0.1, 0.15) is 13.8 Å². The van der Waals surface area contributed by atoms with Gasteiger partial charge in [0.15, 0.2) is 0 Å². The van der Waals surface area contributed by atoms with Crippen LogP contribution in [0, 0.1) is 17.0 Å². The van der Waals surface area contributed by atoms with Gasteiger partial charge < -0.3 is 5.73 Å². The SMILES string of the molecule is CC(C)(NS(=O)(=O)c1ccc(F)cc1F)C(=N)N. The molecule has 0 bridgehead atoms. The van der Waals surface area contributed by atoms with Crippen LogP contribution in [0.15, 0.2) is 23.1 Å². The van der Waals surface area contributed by atoms with Crippen LogP contribution in [-0.2, 0) is 10.0 Å². The first-order chi connectivity index (χ1) is 8.06. The van der Waals surface area contributed by atoms with Gasteiger partial charge in [0.05, 0.1) is 5.54 Å². The van der Waals surface area contributed by atoms with Crippen molar-refractivity contribution in [1.82, 2.24) is 4.72 Å². The fraction of sp³-hybridized carbons (Fsp3) is 0.300. The average Bonchev–Trinajstić information content (AvgIpc) is 2.14. The Morgan fingerprint density at radius 2 is 1.94 bits per heavy atom. The Hall–Kier alpha value is -1.54. The zero-order valence-electron chi connectivity index (χ0n) is 9.79. The quantitative estimate of drug-likeness (QED) is 0.565. The number of hydrogen-bond donors (Lipinski definition) is 3. The molecule has 0 heterocycles. The third-order valence-corrected chi connectivity index (χ3v) is 3.94. The van der Waals surface area contributed by atoms with Gasteiger partial charge >= 0.3 is 0 Å². The number of nitrogens with one attached hydrogen (secondary N) is 2. The predicted octanol–water partition coefficient (Wildman–Crippen LogP) is 0.958. The number of amidine groups is 1. The Morgan fingerprint density at radius 3 is 2.39 bits per heavy atom. The summed E-state index contributed by atoms with van der Waals surface area (Å²) in [7, 11) is -4.22. The van der Waals surface area contributed by atoms with E-state index >= 15 is 0 Å². The van der Waals surface area contributed by atoms with Gasteiger partial charge in [0, 0.05) is 6.07 Å². The smallest absolute Gasteiger partial charge is 0.244 e. The maximum Gasteiger partial charge on any atom is 0.244 e. The second-order valence-corrected chi connectivity index (χ2v) is 5.87. The van der Waals surface area contributed by atoms with E-state index in [1.54, 1.807) is 0 Å². The number of sulfonamides is 1. The van der Waals surface area contributed by atoms with Crippen LogP contribution < -0.4 is 10.5 Å². The lowest BCUT2D eigenvalue weighted by molar-refractivity contribution is 0.523. The molecule has 100 valence electrons. The van der Waals surface area contributed by atoms with Crippen molar-refractivity contribution in [1.29, 1.82) is 5.41 Å². The molecule has 0 aliphatic rings. The summed E-state index contributed by atoms with van der Waals surface area (Å²) < 4.78 is 51.9. The first kappa shape index (κ1) is 14.5. The van der Waals surface area contributed by atoms with Crippen LogP contribution >= 0.6 is 0 Å². The molecule has 0 aliphatic carbocycles. The molecule has 18 heavy (non-hydrogen) atoms. The van der Waals surface area contributed by atoms with Crippen molar-refractivity contribution in [3.05, 3.63) is 29.8 Å². The maximum atomic E-state index is 13.4. The largest absolute Gasteiger partial charge is 0.386 e. The van der Waals surface area contributed by atoms with Crippen molar-refractivity contribution in [2.45, 2.75) is 24.3 Å². The predicted molar refractivity (Wildman–Crippen MR) is 62.7 cm³/mol. The standard InChI is InChI=1S/C10H13F2N3O2S/c1-10(2,9(13)14)15-18(16,17)8-4-3-6(11)5-7(8)12/h3-5,15H,1-2H3,(H3,13,14). The molecule has 1 aromatic carbocycles. The van der Waals surface area contributed by atoms with Crippen LogP contribution in [0.4, 0.5) is 8.78 Å². The molecule has 0 spiro atoms. The van der Waals surface area contributed by atoms with Crippen molar-refractivity contribution in [2.24, 2.45) is 5.73 Å². The van der Waals surface area contributed by atoms with Crippen molar-refractivity contribution in [3.8, 4) is 0 Å². The topological polar surface area (TPSA) is 96.0 Å². The number of hydrogen-bond acceptors (Lipinski definition) is 3. The number of halogens is 2. The molecule has 4 N–H and O–H groups in total. The second kappa shape index (κ2) is 4.62. The minimum atomic E-state index is -4.22. The Kier molecular flexibility index (Phi) is 3.72. The van der Waals surface area contributed by atoms with E-state index in [4.69, 9.17) is 11.1 Å². The molecule has 0 saturated heterocycles. The van der Waals surface area contributed by atoms with Gasteiger partial charge in [-0.25, -0.2) is 17.2 Å². The fourth-order valence-corrected chi connectivity index (χ4v) is 2.59. The zero-order chi connectivity index (χ0) is 14.1. The molecule has 0 saturated carbocycles. The molecule has 8 heteroatoms. The monoisotopic (exact) mass is 277 g/mol.